The Bertz CT molecular complexity index is 241. The van der Waals surface area contributed by atoms with Gasteiger partial charge in [0, 0.05) is 5.69 Å². The van der Waals surface area contributed by atoms with E-state index >= 15 is 0 Å². The molecule has 1 aromatic rings. The molecule has 1 unspecified atom stereocenters. The van der Waals surface area contributed by atoms with E-state index in [2.05, 4.69) is 9.97 Å². The normalized spacial score (nSPS) is 23.2. The fraction of sp³-hybridized carbons (Fsp3) is 0.625. The van der Waals surface area contributed by atoms with Crippen LogP contribution in [0, 0.1) is 5.92 Å². The summed E-state index contributed by atoms with van der Waals surface area (Å²) < 4.78 is 0. The SMILES string of the molecule is NCC1CCc2nc[nH]c2C1. The lowest BCUT2D eigenvalue weighted by molar-refractivity contribution is 0.461. The van der Waals surface area contributed by atoms with Crippen LogP contribution in [0.3, 0.4) is 0 Å². The van der Waals surface area contributed by atoms with Crippen LogP contribution in [0.1, 0.15) is 17.8 Å². The number of aromatic nitrogens is 2. The number of nitrogens with one attached hydrogen (secondary N) is 1. The first-order chi connectivity index (χ1) is 5.40. The number of nitrogens with two attached hydrogens (primary N) is 1. The fourth-order valence-corrected chi connectivity index (χ4v) is 1.67. The van der Waals surface area contributed by atoms with Crippen LogP contribution >= 0.6 is 0 Å². The molecular weight excluding hydrogens is 138 g/mol. The Kier molecular flexibility index (Phi) is 1.66. The second kappa shape index (κ2) is 2.66. The van der Waals surface area contributed by atoms with E-state index in [-0.39, 0.29) is 0 Å². The zero-order valence-corrected chi connectivity index (χ0v) is 6.51. The first kappa shape index (κ1) is 6.85. The van der Waals surface area contributed by atoms with Gasteiger partial charge in [0.2, 0.25) is 0 Å². The molecule has 3 heteroatoms. The molecule has 2 rings (SSSR count). The van der Waals surface area contributed by atoms with E-state index in [1.165, 1.54) is 17.8 Å². The van der Waals surface area contributed by atoms with Gasteiger partial charge in [-0.3, -0.25) is 0 Å². The highest BCUT2D eigenvalue weighted by Gasteiger charge is 2.18. The van der Waals surface area contributed by atoms with Gasteiger partial charge < -0.3 is 10.7 Å². The van der Waals surface area contributed by atoms with Crippen LogP contribution in [0.25, 0.3) is 0 Å². The molecule has 3 nitrogen and oxygen atoms in total. The van der Waals surface area contributed by atoms with Crippen LogP contribution in [-0.4, -0.2) is 16.5 Å². The number of imidazole rings is 1. The Hall–Kier alpha value is -0.830. The summed E-state index contributed by atoms with van der Waals surface area (Å²) in [7, 11) is 0. The van der Waals surface area contributed by atoms with Gasteiger partial charge in [0.25, 0.3) is 0 Å². The molecule has 0 saturated heterocycles. The van der Waals surface area contributed by atoms with Crippen LogP contribution in [0.5, 0.6) is 0 Å². The molecule has 0 fully saturated rings. The molecule has 0 radical (unpaired) electrons. The van der Waals surface area contributed by atoms with Crippen molar-refractivity contribution in [2.24, 2.45) is 11.7 Å². The minimum atomic E-state index is 0.669. The van der Waals surface area contributed by atoms with Crippen LogP contribution in [0.4, 0.5) is 0 Å². The maximum absolute atomic E-state index is 5.59. The van der Waals surface area contributed by atoms with Crippen LogP contribution in [0.15, 0.2) is 6.33 Å². The van der Waals surface area contributed by atoms with E-state index in [9.17, 15) is 0 Å². The number of H-pyrrole nitrogens is 1. The van der Waals surface area contributed by atoms with Crippen molar-refractivity contribution in [2.75, 3.05) is 6.54 Å². The average Bonchev–Trinajstić information content (AvgIpc) is 2.50. The van der Waals surface area contributed by atoms with Gasteiger partial charge in [0.1, 0.15) is 0 Å². The lowest BCUT2D eigenvalue weighted by Gasteiger charge is -2.18. The van der Waals surface area contributed by atoms with E-state index in [0.29, 0.717) is 5.92 Å². The van der Waals surface area contributed by atoms with Gasteiger partial charge in [-0.2, -0.15) is 0 Å². The molecule has 0 amide bonds. The van der Waals surface area contributed by atoms with Crippen molar-refractivity contribution in [3.05, 3.63) is 17.7 Å². The molecule has 60 valence electrons. The smallest absolute Gasteiger partial charge is 0.0925 e. The summed E-state index contributed by atoms with van der Waals surface area (Å²) >= 11 is 0. The number of aryl methyl sites for hydroxylation is 1. The van der Waals surface area contributed by atoms with Crippen molar-refractivity contribution < 1.29 is 0 Å². The second-order valence-electron chi connectivity index (χ2n) is 3.17. The Labute approximate surface area is 66.0 Å². The molecule has 0 saturated carbocycles. The van der Waals surface area contributed by atoms with Gasteiger partial charge in [-0.15, -0.1) is 0 Å². The van der Waals surface area contributed by atoms with Crippen molar-refractivity contribution in [3.63, 3.8) is 0 Å². The number of nitrogens with zero attached hydrogens (tertiary/aromatic N) is 1. The molecule has 0 bridgehead atoms. The molecule has 0 spiro atoms. The first-order valence-corrected chi connectivity index (χ1v) is 4.11. The highest BCUT2D eigenvalue weighted by Crippen LogP contribution is 2.21. The van der Waals surface area contributed by atoms with E-state index in [0.717, 1.165) is 19.4 Å². The predicted molar refractivity (Wildman–Crippen MR) is 43.2 cm³/mol. The second-order valence-corrected chi connectivity index (χ2v) is 3.17. The van der Waals surface area contributed by atoms with Crippen LogP contribution in [0.2, 0.25) is 0 Å². The summed E-state index contributed by atoms with van der Waals surface area (Å²) in [5, 5.41) is 0. The van der Waals surface area contributed by atoms with Crippen molar-refractivity contribution in [1.82, 2.24) is 9.97 Å². The predicted octanol–water partition coefficient (Wildman–Crippen LogP) is 0.473. The first-order valence-electron chi connectivity index (χ1n) is 4.11. The topological polar surface area (TPSA) is 54.7 Å². The fourth-order valence-electron chi connectivity index (χ4n) is 1.67. The lowest BCUT2D eigenvalue weighted by atomic mass is 9.90. The lowest BCUT2D eigenvalue weighted by Crippen LogP contribution is -2.22. The molecule has 3 N–H and O–H groups in total. The highest BCUT2D eigenvalue weighted by atomic mass is 14.9. The van der Waals surface area contributed by atoms with E-state index < -0.39 is 0 Å². The minimum absolute atomic E-state index is 0.669. The standard InChI is InChI=1S/C8H13N3/c9-4-6-1-2-7-8(3-6)11-5-10-7/h5-6H,1-4,9H2,(H,10,11). The molecule has 1 aromatic heterocycles. The Morgan fingerprint density at radius 2 is 2.64 bits per heavy atom. The maximum atomic E-state index is 5.59. The summed E-state index contributed by atoms with van der Waals surface area (Å²) in [5.41, 5.74) is 8.14. The number of hydrogen-bond acceptors (Lipinski definition) is 2. The van der Waals surface area contributed by atoms with Crippen LogP contribution < -0.4 is 5.73 Å². The summed E-state index contributed by atoms with van der Waals surface area (Å²) in [4.78, 5) is 7.38. The third kappa shape index (κ3) is 1.16. The highest BCUT2D eigenvalue weighted by molar-refractivity contribution is 5.15. The number of hydrogen-bond donors (Lipinski definition) is 2. The Morgan fingerprint density at radius 3 is 3.45 bits per heavy atom. The van der Waals surface area contributed by atoms with Gasteiger partial charge in [0.15, 0.2) is 0 Å². The Balaban J connectivity index is 2.18. The zero-order chi connectivity index (χ0) is 7.68. The molecule has 0 aliphatic heterocycles. The molecule has 0 aromatic carbocycles. The largest absolute Gasteiger partial charge is 0.348 e. The zero-order valence-electron chi connectivity index (χ0n) is 6.51. The van der Waals surface area contributed by atoms with E-state index in [1.54, 1.807) is 6.33 Å². The molecular formula is C8H13N3. The molecule has 1 aliphatic rings. The summed E-state index contributed by atoms with van der Waals surface area (Å²) in [6, 6.07) is 0. The molecule has 1 atom stereocenters. The van der Waals surface area contributed by atoms with Gasteiger partial charge in [0.05, 0.1) is 12.0 Å². The molecule has 1 aliphatic carbocycles. The van der Waals surface area contributed by atoms with E-state index in [1.807, 2.05) is 0 Å². The third-order valence-corrected chi connectivity index (χ3v) is 2.42. The van der Waals surface area contributed by atoms with Crippen LogP contribution in [-0.2, 0) is 12.8 Å². The van der Waals surface area contributed by atoms with Gasteiger partial charge in [-0.05, 0) is 31.7 Å². The number of rotatable bonds is 1. The monoisotopic (exact) mass is 151 g/mol. The number of aromatic amines is 1. The van der Waals surface area contributed by atoms with Gasteiger partial charge >= 0.3 is 0 Å². The molecule has 1 heterocycles. The maximum Gasteiger partial charge on any atom is 0.0925 e. The molecule has 11 heavy (non-hydrogen) atoms. The van der Waals surface area contributed by atoms with Crippen molar-refractivity contribution in [1.29, 1.82) is 0 Å². The third-order valence-electron chi connectivity index (χ3n) is 2.42. The van der Waals surface area contributed by atoms with Crippen molar-refractivity contribution in [2.45, 2.75) is 19.3 Å². The average molecular weight is 151 g/mol. The Morgan fingerprint density at radius 1 is 1.73 bits per heavy atom. The van der Waals surface area contributed by atoms with Gasteiger partial charge in [-0.25, -0.2) is 4.98 Å². The summed E-state index contributed by atoms with van der Waals surface area (Å²) in [5.74, 6) is 0.669. The summed E-state index contributed by atoms with van der Waals surface area (Å²) in [6.45, 7) is 0.804. The van der Waals surface area contributed by atoms with Gasteiger partial charge in [-0.1, -0.05) is 0 Å². The summed E-state index contributed by atoms with van der Waals surface area (Å²) in [6.07, 6.45) is 5.17. The van der Waals surface area contributed by atoms with Crippen molar-refractivity contribution in [3.8, 4) is 0 Å². The van der Waals surface area contributed by atoms with E-state index in [4.69, 9.17) is 5.73 Å². The quantitative estimate of drug-likeness (QED) is 0.613. The number of fused-ring (bicyclic) bond motifs is 1. The minimum Gasteiger partial charge on any atom is -0.348 e. The van der Waals surface area contributed by atoms with Crippen molar-refractivity contribution >= 4 is 0 Å².